The second-order valence-corrected chi connectivity index (χ2v) is 4.03. The van der Waals surface area contributed by atoms with Gasteiger partial charge < -0.3 is 5.32 Å². The Kier molecular flexibility index (Phi) is 4.24. The molecule has 0 fully saturated rings. The molecule has 0 radical (unpaired) electrons. The van der Waals surface area contributed by atoms with Gasteiger partial charge in [0.1, 0.15) is 0 Å². The van der Waals surface area contributed by atoms with Crippen molar-refractivity contribution in [3.63, 3.8) is 0 Å². The summed E-state index contributed by atoms with van der Waals surface area (Å²) in [6.45, 7) is 5.75. The molecule has 0 heterocycles. The molecule has 1 amide bonds. The first-order chi connectivity index (χ1) is 5.34. The van der Waals surface area contributed by atoms with E-state index in [9.17, 15) is 9.59 Å². The lowest BCUT2D eigenvalue weighted by Crippen LogP contribution is -2.35. The Morgan fingerprint density at radius 1 is 1.33 bits per heavy atom. The second-order valence-electron chi connectivity index (χ2n) is 3.61. The summed E-state index contributed by atoms with van der Waals surface area (Å²) >= 11 is 5.09. The summed E-state index contributed by atoms with van der Waals surface area (Å²) in [5, 5.41) is 2.18. The van der Waals surface area contributed by atoms with Gasteiger partial charge in [0.2, 0.25) is 11.1 Å². The predicted molar refractivity (Wildman–Crippen MR) is 47.9 cm³/mol. The number of hydrogen-bond donors (Lipinski definition) is 1. The van der Waals surface area contributed by atoms with E-state index in [-0.39, 0.29) is 12.3 Å². The van der Waals surface area contributed by atoms with Crippen LogP contribution in [0.5, 0.6) is 0 Å². The van der Waals surface area contributed by atoms with Crippen LogP contribution in [0.3, 0.4) is 0 Å². The van der Waals surface area contributed by atoms with Crippen molar-refractivity contribution in [1.82, 2.24) is 5.32 Å². The summed E-state index contributed by atoms with van der Waals surface area (Å²) in [6, 6.07) is 0. The minimum absolute atomic E-state index is 0.0691. The van der Waals surface area contributed by atoms with E-state index >= 15 is 0 Å². The number of carbonyl (C=O) groups excluding carboxylic acids is 2. The summed E-state index contributed by atoms with van der Waals surface area (Å²) in [5.41, 5.74) is -0.407. The highest BCUT2D eigenvalue weighted by atomic mass is 35.5. The first kappa shape index (κ1) is 11.4. The van der Waals surface area contributed by atoms with Crippen LogP contribution in [0, 0.1) is 5.41 Å². The van der Waals surface area contributed by atoms with E-state index in [4.69, 9.17) is 11.6 Å². The molecule has 3 nitrogen and oxygen atoms in total. The molecule has 0 rings (SSSR count). The van der Waals surface area contributed by atoms with Crippen LogP contribution in [0.15, 0.2) is 0 Å². The second kappa shape index (κ2) is 4.45. The Morgan fingerprint density at radius 2 is 1.83 bits per heavy atom. The Morgan fingerprint density at radius 3 is 2.17 bits per heavy atom. The maximum absolute atomic E-state index is 11.2. The molecule has 0 unspecified atom stereocenters. The summed E-state index contributed by atoms with van der Waals surface area (Å²) < 4.78 is 0. The van der Waals surface area contributed by atoms with Crippen LogP contribution in [-0.2, 0) is 9.59 Å². The Hall–Kier alpha value is -0.570. The minimum Gasteiger partial charge on any atom is -0.355 e. The number of halogens is 1. The fourth-order valence-electron chi connectivity index (χ4n) is 0.539. The van der Waals surface area contributed by atoms with E-state index in [1.807, 2.05) is 20.8 Å². The molecule has 0 saturated carbocycles. The molecule has 1 N–H and O–H groups in total. The van der Waals surface area contributed by atoms with Gasteiger partial charge in [-0.3, -0.25) is 9.59 Å². The van der Waals surface area contributed by atoms with Crippen LogP contribution >= 0.6 is 11.6 Å². The van der Waals surface area contributed by atoms with Crippen LogP contribution in [0.4, 0.5) is 0 Å². The van der Waals surface area contributed by atoms with Gasteiger partial charge in [0.25, 0.3) is 0 Å². The van der Waals surface area contributed by atoms with Crippen molar-refractivity contribution in [3.05, 3.63) is 0 Å². The molecule has 0 spiro atoms. The quantitative estimate of drug-likeness (QED) is 0.684. The summed E-state index contributed by atoms with van der Waals surface area (Å²) in [5.74, 6) is -0.0691. The van der Waals surface area contributed by atoms with Crippen LogP contribution < -0.4 is 5.32 Å². The molecule has 70 valence electrons. The standard InChI is InChI=1S/C8H14ClNO2/c1-8(2,3)7(12)10-5-4-6(9)11/h4-5H2,1-3H3,(H,10,12). The first-order valence-corrected chi connectivity index (χ1v) is 4.18. The van der Waals surface area contributed by atoms with E-state index in [1.165, 1.54) is 0 Å². The molecule has 0 saturated heterocycles. The van der Waals surface area contributed by atoms with Gasteiger partial charge in [-0.05, 0) is 11.6 Å². The molecular formula is C8H14ClNO2. The Labute approximate surface area is 77.5 Å². The van der Waals surface area contributed by atoms with Gasteiger partial charge in [-0.15, -0.1) is 0 Å². The molecule has 0 aliphatic rings. The third-order valence-corrected chi connectivity index (χ3v) is 1.48. The van der Waals surface area contributed by atoms with E-state index in [0.717, 1.165) is 0 Å². The average Bonchev–Trinajstić information content (AvgIpc) is 1.84. The summed E-state index contributed by atoms with van der Waals surface area (Å²) in [6.07, 6.45) is 0.184. The molecule has 0 atom stereocenters. The summed E-state index contributed by atoms with van der Waals surface area (Å²) in [4.78, 5) is 21.5. The molecule has 0 aromatic rings. The van der Waals surface area contributed by atoms with Gasteiger partial charge in [0.05, 0.1) is 0 Å². The number of rotatable bonds is 3. The topological polar surface area (TPSA) is 46.2 Å². The Balaban J connectivity index is 3.66. The van der Waals surface area contributed by atoms with Gasteiger partial charge in [-0.25, -0.2) is 0 Å². The number of hydrogen-bond acceptors (Lipinski definition) is 2. The maximum Gasteiger partial charge on any atom is 0.225 e. The highest BCUT2D eigenvalue weighted by Gasteiger charge is 2.20. The minimum atomic E-state index is -0.427. The van der Waals surface area contributed by atoms with Crippen molar-refractivity contribution in [1.29, 1.82) is 0 Å². The van der Waals surface area contributed by atoms with Crippen molar-refractivity contribution in [2.24, 2.45) is 5.41 Å². The van der Waals surface area contributed by atoms with Crippen molar-refractivity contribution in [2.75, 3.05) is 6.54 Å². The van der Waals surface area contributed by atoms with E-state index in [2.05, 4.69) is 5.32 Å². The van der Waals surface area contributed by atoms with Gasteiger partial charge in [-0.1, -0.05) is 20.8 Å². The van der Waals surface area contributed by atoms with Crippen molar-refractivity contribution in [2.45, 2.75) is 27.2 Å². The lowest BCUT2D eigenvalue weighted by molar-refractivity contribution is -0.128. The van der Waals surface area contributed by atoms with E-state index in [0.29, 0.717) is 6.54 Å². The van der Waals surface area contributed by atoms with E-state index < -0.39 is 10.7 Å². The molecule has 0 aliphatic heterocycles. The number of nitrogens with one attached hydrogen (secondary N) is 1. The summed E-state index contributed by atoms with van der Waals surface area (Å²) in [7, 11) is 0. The first-order valence-electron chi connectivity index (χ1n) is 3.80. The van der Waals surface area contributed by atoms with Crippen LogP contribution in [0.25, 0.3) is 0 Å². The van der Waals surface area contributed by atoms with Gasteiger partial charge in [-0.2, -0.15) is 0 Å². The average molecular weight is 192 g/mol. The van der Waals surface area contributed by atoms with Crippen molar-refractivity contribution >= 4 is 22.8 Å². The lowest BCUT2D eigenvalue weighted by atomic mass is 9.96. The third-order valence-electron chi connectivity index (χ3n) is 1.29. The third kappa shape index (κ3) is 5.13. The molecule has 4 heteroatoms. The number of amides is 1. The van der Waals surface area contributed by atoms with Crippen molar-refractivity contribution in [3.8, 4) is 0 Å². The molecular weight excluding hydrogens is 178 g/mol. The predicted octanol–water partition coefficient (Wildman–Crippen LogP) is 1.30. The fourth-order valence-corrected chi connectivity index (χ4v) is 0.634. The zero-order chi connectivity index (χ0) is 9.78. The van der Waals surface area contributed by atoms with Gasteiger partial charge in [0.15, 0.2) is 0 Å². The highest BCUT2D eigenvalue weighted by molar-refractivity contribution is 6.63. The number of carbonyl (C=O) groups is 2. The molecule has 0 aliphatic carbocycles. The lowest BCUT2D eigenvalue weighted by Gasteiger charge is -2.16. The Bertz CT molecular complexity index is 184. The van der Waals surface area contributed by atoms with Crippen LogP contribution in [0.1, 0.15) is 27.2 Å². The molecule has 12 heavy (non-hydrogen) atoms. The zero-order valence-electron chi connectivity index (χ0n) is 7.61. The van der Waals surface area contributed by atoms with Crippen LogP contribution in [0.2, 0.25) is 0 Å². The molecule has 0 aromatic carbocycles. The van der Waals surface area contributed by atoms with E-state index in [1.54, 1.807) is 0 Å². The fraction of sp³-hybridized carbons (Fsp3) is 0.750. The monoisotopic (exact) mass is 191 g/mol. The zero-order valence-corrected chi connectivity index (χ0v) is 8.36. The normalized spacial score (nSPS) is 11.0. The van der Waals surface area contributed by atoms with Gasteiger partial charge >= 0.3 is 0 Å². The van der Waals surface area contributed by atoms with Crippen molar-refractivity contribution < 1.29 is 9.59 Å². The van der Waals surface area contributed by atoms with Gasteiger partial charge in [0, 0.05) is 18.4 Å². The maximum atomic E-state index is 11.2. The molecule has 0 aromatic heterocycles. The highest BCUT2D eigenvalue weighted by Crippen LogP contribution is 2.12. The van der Waals surface area contributed by atoms with Crippen LogP contribution in [-0.4, -0.2) is 17.7 Å². The molecule has 0 bridgehead atoms. The SMILES string of the molecule is CC(C)(C)C(=O)NCCC(=O)Cl. The largest absolute Gasteiger partial charge is 0.355 e. The smallest absolute Gasteiger partial charge is 0.225 e.